The second kappa shape index (κ2) is 7.21. The van der Waals surface area contributed by atoms with Crippen LogP contribution in [0.15, 0.2) is 54.6 Å². The van der Waals surface area contributed by atoms with Crippen LogP contribution in [-0.2, 0) is 16.0 Å². The molecule has 2 aromatic carbocycles. The number of hydrogen-bond acceptors (Lipinski definition) is 3. The molecule has 29 heavy (non-hydrogen) atoms. The van der Waals surface area contributed by atoms with E-state index < -0.39 is 5.41 Å². The number of rotatable bonds is 3. The molecule has 0 radical (unpaired) electrons. The fraction of sp³-hybridized carbons (Fsp3) is 0.417. The first kappa shape index (κ1) is 18.2. The average molecular weight is 389 g/mol. The molecular formula is C24H27N3O2. The van der Waals surface area contributed by atoms with E-state index in [-0.39, 0.29) is 11.8 Å². The minimum Gasteiger partial charge on any atom is -0.368 e. The van der Waals surface area contributed by atoms with Crippen LogP contribution in [0.25, 0.3) is 0 Å². The van der Waals surface area contributed by atoms with Crippen molar-refractivity contribution in [1.82, 2.24) is 4.90 Å². The molecule has 1 saturated heterocycles. The number of para-hydroxylation sites is 2. The molecule has 5 heteroatoms. The number of piperazine rings is 1. The van der Waals surface area contributed by atoms with Crippen molar-refractivity contribution >= 4 is 23.2 Å². The van der Waals surface area contributed by atoms with Crippen LogP contribution in [0.5, 0.6) is 0 Å². The Kier molecular flexibility index (Phi) is 4.53. The van der Waals surface area contributed by atoms with E-state index >= 15 is 0 Å². The lowest BCUT2D eigenvalue weighted by atomic mass is 9.97. The van der Waals surface area contributed by atoms with Gasteiger partial charge in [-0.15, -0.1) is 0 Å². The predicted octanol–water partition coefficient (Wildman–Crippen LogP) is 3.09. The molecule has 0 spiro atoms. The third-order valence-electron chi connectivity index (χ3n) is 6.61. The highest BCUT2D eigenvalue weighted by atomic mass is 16.2. The summed E-state index contributed by atoms with van der Waals surface area (Å²) in [6.07, 6.45) is 3.33. The first-order valence-corrected chi connectivity index (χ1v) is 10.7. The zero-order valence-corrected chi connectivity index (χ0v) is 16.7. The van der Waals surface area contributed by atoms with Gasteiger partial charge in [0.2, 0.25) is 11.8 Å². The van der Waals surface area contributed by atoms with E-state index in [4.69, 9.17) is 0 Å². The quantitative estimate of drug-likeness (QED) is 0.758. The van der Waals surface area contributed by atoms with Crippen LogP contribution in [0.1, 0.15) is 24.8 Å². The average Bonchev–Trinajstić information content (AvgIpc) is 3.60. The first-order valence-electron chi connectivity index (χ1n) is 10.7. The smallest absolute Gasteiger partial charge is 0.242 e. The molecule has 5 nitrogen and oxygen atoms in total. The van der Waals surface area contributed by atoms with Crippen LogP contribution in [0.3, 0.4) is 0 Å². The lowest BCUT2D eigenvalue weighted by Crippen LogP contribution is -2.54. The summed E-state index contributed by atoms with van der Waals surface area (Å²) in [6.45, 7) is 3.70. The van der Waals surface area contributed by atoms with Crippen molar-refractivity contribution in [2.45, 2.75) is 25.7 Å². The highest BCUT2D eigenvalue weighted by Gasteiger charge is 2.59. The molecule has 150 valence electrons. The molecule has 0 N–H and O–H groups in total. The van der Waals surface area contributed by atoms with Gasteiger partial charge < -0.3 is 14.7 Å². The minimum atomic E-state index is -0.820. The summed E-state index contributed by atoms with van der Waals surface area (Å²) in [7, 11) is 0. The summed E-state index contributed by atoms with van der Waals surface area (Å²) < 4.78 is 0. The van der Waals surface area contributed by atoms with Crippen molar-refractivity contribution in [2.75, 3.05) is 42.5 Å². The molecule has 3 aliphatic rings. The second-order valence-electron chi connectivity index (χ2n) is 8.39. The van der Waals surface area contributed by atoms with Crippen molar-refractivity contribution in [3.05, 3.63) is 60.2 Å². The van der Waals surface area contributed by atoms with E-state index in [1.54, 1.807) is 0 Å². The van der Waals surface area contributed by atoms with E-state index in [9.17, 15) is 9.59 Å². The van der Waals surface area contributed by atoms with Crippen LogP contribution >= 0.6 is 0 Å². The fourth-order valence-corrected chi connectivity index (χ4v) is 4.76. The second-order valence-corrected chi connectivity index (χ2v) is 8.39. The van der Waals surface area contributed by atoms with Crippen LogP contribution in [-0.4, -0.2) is 49.4 Å². The Bertz CT molecular complexity index is 915. The summed E-state index contributed by atoms with van der Waals surface area (Å²) in [5.41, 5.74) is 2.59. The molecule has 2 aromatic rings. The Morgan fingerprint density at radius 3 is 2.17 bits per heavy atom. The van der Waals surface area contributed by atoms with Gasteiger partial charge >= 0.3 is 0 Å². The van der Waals surface area contributed by atoms with Gasteiger partial charge in [0.15, 0.2) is 0 Å². The van der Waals surface area contributed by atoms with Crippen molar-refractivity contribution in [1.29, 1.82) is 0 Å². The molecular weight excluding hydrogens is 362 g/mol. The van der Waals surface area contributed by atoms with E-state index in [0.29, 0.717) is 32.5 Å². The molecule has 0 aromatic heterocycles. The maximum absolute atomic E-state index is 13.5. The molecule has 0 unspecified atom stereocenters. The monoisotopic (exact) mass is 389 g/mol. The summed E-state index contributed by atoms with van der Waals surface area (Å²) >= 11 is 0. The summed E-state index contributed by atoms with van der Waals surface area (Å²) in [5, 5.41) is 0. The predicted molar refractivity (Wildman–Crippen MR) is 114 cm³/mol. The number of benzene rings is 2. The lowest BCUT2D eigenvalue weighted by molar-refractivity contribution is -0.143. The molecule has 2 heterocycles. The SMILES string of the molecule is O=C(N1CCN(c2ccccc2)CC1)C1(C(=O)N2CCCc3ccccc32)CC1. The van der Waals surface area contributed by atoms with Crippen molar-refractivity contribution in [3.63, 3.8) is 0 Å². The van der Waals surface area contributed by atoms with Gasteiger partial charge in [-0.3, -0.25) is 9.59 Å². The molecule has 1 aliphatic carbocycles. The van der Waals surface area contributed by atoms with Crippen LogP contribution in [0.2, 0.25) is 0 Å². The minimum absolute atomic E-state index is 0.0140. The number of carbonyl (C=O) groups excluding carboxylic acids is 2. The molecule has 2 aliphatic heterocycles. The first-order chi connectivity index (χ1) is 14.2. The van der Waals surface area contributed by atoms with Gasteiger partial charge in [0.05, 0.1) is 0 Å². The number of anilines is 2. The van der Waals surface area contributed by atoms with Crippen molar-refractivity contribution in [3.8, 4) is 0 Å². The van der Waals surface area contributed by atoms with Gasteiger partial charge in [-0.2, -0.15) is 0 Å². The Labute approximate surface area is 171 Å². The Balaban J connectivity index is 1.29. The number of fused-ring (bicyclic) bond motifs is 1. The number of hydrogen-bond donors (Lipinski definition) is 0. The van der Waals surface area contributed by atoms with Gasteiger partial charge in [0.25, 0.3) is 0 Å². The Morgan fingerprint density at radius 2 is 1.45 bits per heavy atom. The number of nitrogens with zero attached hydrogens (tertiary/aromatic N) is 3. The molecule has 0 atom stereocenters. The fourth-order valence-electron chi connectivity index (χ4n) is 4.76. The molecule has 5 rings (SSSR count). The normalized spacial score (nSPS) is 20.2. The van der Waals surface area contributed by atoms with Crippen molar-refractivity contribution in [2.24, 2.45) is 5.41 Å². The van der Waals surface area contributed by atoms with Crippen molar-refractivity contribution < 1.29 is 9.59 Å². The topological polar surface area (TPSA) is 43.9 Å². The van der Waals surface area contributed by atoms with E-state index in [1.807, 2.05) is 46.2 Å². The third-order valence-corrected chi connectivity index (χ3v) is 6.61. The van der Waals surface area contributed by atoms with Gasteiger partial charge in [-0.1, -0.05) is 36.4 Å². The maximum Gasteiger partial charge on any atom is 0.242 e. The Hall–Kier alpha value is -2.82. The molecule has 0 bridgehead atoms. The van der Waals surface area contributed by atoms with Gasteiger partial charge in [-0.05, 0) is 49.4 Å². The lowest BCUT2D eigenvalue weighted by Gasteiger charge is -2.39. The summed E-state index contributed by atoms with van der Waals surface area (Å²) in [5.74, 6) is 0.0541. The van der Waals surface area contributed by atoms with E-state index in [1.165, 1.54) is 11.3 Å². The van der Waals surface area contributed by atoms with Crippen LogP contribution in [0.4, 0.5) is 11.4 Å². The molecule has 2 fully saturated rings. The highest BCUT2D eigenvalue weighted by Crippen LogP contribution is 2.50. The van der Waals surface area contributed by atoms with Gasteiger partial charge in [0.1, 0.15) is 5.41 Å². The number of amides is 2. The Morgan fingerprint density at radius 1 is 0.759 bits per heavy atom. The van der Waals surface area contributed by atoms with Gasteiger partial charge in [0, 0.05) is 44.1 Å². The van der Waals surface area contributed by atoms with E-state index in [2.05, 4.69) is 23.1 Å². The summed E-state index contributed by atoms with van der Waals surface area (Å²) in [4.78, 5) is 33.0. The number of carbonyl (C=O) groups is 2. The number of aryl methyl sites for hydroxylation is 1. The van der Waals surface area contributed by atoms with Crippen LogP contribution in [0, 0.1) is 5.41 Å². The van der Waals surface area contributed by atoms with Crippen LogP contribution < -0.4 is 9.80 Å². The standard InChI is InChI=1S/C24H27N3O2/c28-22(26-17-15-25(16-18-26)20-9-2-1-3-10-20)24(12-13-24)23(29)27-14-6-8-19-7-4-5-11-21(19)27/h1-5,7,9-11H,6,8,12-18H2. The zero-order valence-electron chi connectivity index (χ0n) is 16.7. The summed E-state index contributed by atoms with van der Waals surface area (Å²) in [6, 6.07) is 18.4. The third kappa shape index (κ3) is 3.18. The van der Waals surface area contributed by atoms with E-state index in [0.717, 1.165) is 31.6 Å². The zero-order chi connectivity index (χ0) is 19.8. The maximum atomic E-state index is 13.5. The highest BCUT2D eigenvalue weighted by molar-refractivity contribution is 6.14. The largest absolute Gasteiger partial charge is 0.368 e. The van der Waals surface area contributed by atoms with Gasteiger partial charge in [-0.25, -0.2) is 0 Å². The molecule has 1 saturated carbocycles. The molecule has 2 amide bonds.